The maximum absolute atomic E-state index is 12.3. The number of aliphatic hydroxyl groups excluding tert-OH is 1. The van der Waals surface area contributed by atoms with Crippen molar-refractivity contribution in [1.82, 2.24) is 4.72 Å². The van der Waals surface area contributed by atoms with Crippen LogP contribution in [0.5, 0.6) is 0 Å². The summed E-state index contributed by atoms with van der Waals surface area (Å²) in [5.74, 6) is 0. The van der Waals surface area contributed by atoms with Crippen molar-refractivity contribution >= 4 is 26.0 Å². The highest BCUT2D eigenvalue weighted by Gasteiger charge is 2.32. The van der Waals surface area contributed by atoms with Gasteiger partial charge in [-0.25, -0.2) is 13.1 Å². The summed E-state index contributed by atoms with van der Waals surface area (Å²) in [5.41, 5.74) is -0.294. The molecule has 1 aliphatic rings. The second-order valence-electron chi connectivity index (χ2n) is 5.50. The fraction of sp³-hybridized carbons (Fsp3) is 0.571. The first-order chi connectivity index (χ1) is 9.47. The molecule has 112 valence electrons. The minimum Gasteiger partial charge on any atom is -0.396 e. The largest absolute Gasteiger partial charge is 0.396 e. The molecule has 0 radical (unpaired) electrons. The molecule has 0 atom stereocenters. The van der Waals surface area contributed by atoms with E-state index in [0.29, 0.717) is 6.54 Å². The van der Waals surface area contributed by atoms with E-state index in [1.165, 1.54) is 6.42 Å². The lowest BCUT2D eigenvalue weighted by molar-refractivity contribution is 0.0867. The second kappa shape index (κ2) is 6.56. The van der Waals surface area contributed by atoms with Crippen molar-refractivity contribution in [3.05, 3.63) is 28.7 Å². The van der Waals surface area contributed by atoms with E-state index in [-0.39, 0.29) is 16.9 Å². The first-order valence-electron chi connectivity index (χ1n) is 6.84. The summed E-state index contributed by atoms with van der Waals surface area (Å²) in [5, 5.41) is 9.61. The topological polar surface area (TPSA) is 66.4 Å². The first kappa shape index (κ1) is 15.9. The van der Waals surface area contributed by atoms with Crippen molar-refractivity contribution in [2.24, 2.45) is 5.41 Å². The molecule has 1 fully saturated rings. The highest BCUT2D eigenvalue weighted by Crippen LogP contribution is 2.35. The maximum atomic E-state index is 12.3. The average Bonchev–Trinajstić information content (AvgIpc) is 2.46. The molecule has 1 aromatic carbocycles. The predicted octanol–water partition coefficient (Wildman–Crippen LogP) is 2.67. The SMILES string of the molecule is O=S(=O)(NCC1(CO)CCCCC1)c1cccc(Br)c1. The van der Waals surface area contributed by atoms with Crippen LogP contribution in [0.1, 0.15) is 32.1 Å². The molecular weight excluding hydrogens is 342 g/mol. The monoisotopic (exact) mass is 361 g/mol. The van der Waals surface area contributed by atoms with Crippen molar-refractivity contribution in [3.63, 3.8) is 0 Å². The number of benzene rings is 1. The Morgan fingerprint density at radius 3 is 2.55 bits per heavy atom. The molecule has 1 saturated carbocycles. The Labute approximate surface area is 128 Å². The van der Waals surface area contributed by atoms with Crippen LogP contribution in [-0.2, 0) is 10.0 Å². The van der Waals surface area contributed by atoms with Crippen LogP contribution in [0.15, 0.2) is 33.6 Å². The van der Waals surface area contributed by atoms with Crippen molar-refractivity contribution in [2.45, 2.75) is 37.0 Å². The van der Waals surface area contributed by atoms with Gasteiger partial charge in [-0.1, -0.05) is 41.3 Å². The van der Waals surface area contributed by atoms with Crippen LogP contribution in [0.25, 0.3) is 0 Å². The van der Waals surface area contributed by atoms with Gasteiger partial charge < -0.3 is 5.11 Å². The quantitative estimate of drug-likeness (QED) is 0.846. The summed E-state index contributed by atoms with van der Waals surface area (Å²) >= 11 is 3.27. The Bertz CT molecular complexity index is 553. The van der Waals surface area contributed by atoms with Crippen molar-refractivity contribution in [2.75, 3.05) is 13.2 Å². The molecule has 0 unspecified atom stereocenters. The standard InChI is InChI=1S/C14H20BrNO3S/c15-12-5-4-6-13(9-12)20(18,19)16-10-14(11-17)7-2-1-3-8-14/h4-6,9,16-17H,1-3,7-8,10-11H2. The summed E-state index contributed by atoms with van der Waals surface area (Å²) in [6.07, 6.45) is 5.04. The number of sulfonamides is 1. The Morgan fingerprint density at radius 1 is 1.25 bits per heavy atom. The van der Waals surface area contributed by atoms with E-state index in [0.717, 1.165) is 30.2 Å². The van der Waals surface area contributed by atoms with Gasteiger partial charge in [0.05, 0.1) is 4.90 Å². The molecule has 0 aliphatic heterocycles. The van der Waals surface area contributed by atoms with Crippen LogP contribution in [0.4, 0.5) is 0 Å². The lowest BCUT2D eigenvalue weighted by Gasteiger charge is -2.35. The zero-order valence-corrected chi connectivity index (χ0v) is 13.7. The van der Waals surface area contributed by atoms with Crippen LogP contribution in [0.2, 0.25) is 0 Å². The molecule has 20 heavy (non-hydrogen) atoms. The molecule has 2 N–H and O–H groups in total. The fourth-order valence-electron chi connectivity index (χ4n) is 2.66. The highest BCUT2D eigenvalue weighted by atomic mass is 79.9. The average molecular weight is 362 g/mol. The minimum atomic E-state index is -3.52. The van der Waals surface area contributed by atoms with Crippen molar-refractivity contribution in [1.29, 1.82) is 0 Å². The first-order valence-corrected chi connectivity index (χ1v) is 9.11. The third-order valence-corrected chi connectivity index (χ3v) is 5.89. The molecule has 0 bridgehead atoms. The van der Waals surface area contributed by atoms with E-state index >= 15 is 0 Å². The molecule has 0 amide bonds. The van der Waals surface area contributed by atoms with Crippen LogP contribution >= 0.6 is 15.9 Å². The van der Waals surface area contributed by atoms with Gasteiger partial charge in [-0.3, -0.25) is 0 Å². The zero-order chi connectivity index (χ0) is 14.6. The number of hydrogen-bond acceptors (Lipinski definition) is 3. The Morgan fingerprint density at radius 2 is 1.95 bits per heavy atom. The number of rotatable bonds is 5. The zero-order valence-electron chi connectivity index (χ0n) is 11.3. The number of aliphatic hydroxyl groups is 1. The molecule has 6 heteroatoms. The summed E-state index contributed by atoms with van der Waals surface area (Å²) < 4.78 is 27.9. The van der Waals surface area contributed by atoms with Crippen LogP contribution in [-0.4, -0.2) is 26.7 Å². The van der Waals surface area contributed by atoms with E-state index in [1.807, 2.05) is 0 Å². The van der Waals surface area contributed by atoms with Gasteiger partial charge in [0, 0.05) is 23.0 Å². The summed E-state index contributed by atoms with van der Waals surface area (Å²) in [4.78, 5) is 0.246. The molecule has 0 saturated heterocycles. The number of halogens is 1. The predicted molar refractivity (Wildman–Crippen MR) is 81.9 cm³/mol. The Hall–Kier alpha value is -0.430. The van der Waals surface area contributed by atoms with E-state index in [9.17, 15) is 13.5 Å². The third-order valence-electron chi connectivity index (χ3n) is 3.99. The molecular formula is C14H20BrNO3S. The van der Waals surface area contributed by atoms with Crippen molar-refractivity contribution in [3.8, 4) is 0 Å². The van der Waals surface area contributed by atoms with E-state index in [4.69, 9.17) is 0 Å². The number of nitrogens with one attached hydrogen (secondary N) is 1. The number of hydrogen-bond donors (Lipinski definition) is 2. The highest BCUT2D eigenvalue weighted by molar-refractivity contribution is 9.10. The molecule has 0 aromatic heterocycles. The smallest absolute Gasteiger partial charge is 0.240 e. The molecule has 2 rings (SSSR count). The third kappa shape index (κ3) is 3.81. The minimum absolute atomic E-state index is 0.0357. The van der Waals surface area contributed by atoms with E-state index < -0.39 is 10.0 Å². The van der Waals surface area contributed by atoms with Crippen molar-refractivity contribution < 1.29 is 13.5 Å². The Kier molecular flexibility index (Phi) is 5.23. The summed E-state index contributed by atoms with van der Waals surface area (Å²) in [6.45, 7) is 0.340. The van der Waals surface area contributed by atoms with Gasteiger partial charge in [0.2, 0.25) is 10.0 Å². The molecule has 4 nitrogen and oxygen atoms in total. The van der Waals surface area contributed by atoms with E-state index in [2.05, 4.69) is 20.7 Å². The molecule has 0 heterocycles. The molecule has 1 aromatic rings. The lowest BCUT2D eigenvalue weighted by Crippen LogP contribution is -2.41. The van der Waals surface area contributed by atoms with Crippen LogP contribution < -0.4 is 4.72 Å². The van der Waals surface area contributed by atoms with Gasteiger partial charge in [-0.05, 0) is 31.0 Å². The van der Waals surface area contributed by atoms with Gasteiger partial charge in [0.15, 0.2) is 0 Å². The van der Waals surface area contributed by atoms with Gasteiger partial charge in [0.1, 0.15) is 0 Å². The molecule has 1 aliphatic carbocycles. The van der Waals surface area contributed by atoms with Gasteiger partial charge >= 0.3 is 0 Å². The fourth-order valence-corrected chi connectivity index (χ4v) is 4.41. The Balaban J connectivity index is 2.08. The molecule has 0 spiro atoms. The van der Waals surface area contributed by atoms with Gasteiger partial charge in [0.25, 0.3) is 0 Å². The van der Waals surface area contributed by atoms with Gasteiger partial charge in [-0.2, -0.15) is 0 Å². The second-order valence-corrected chi connectivity index (χ2v) is 8.18. The summed E-state index contributed by atoms with van der Waals surface area (Å²) in [6, 6.07) is 6.63. The lowest BCUT2D eigenvalue weighted by atomic mass is 9.75. The normalized spacial score (nSPS) is 18.9. The van der Waals surface area contributed by atoms with Crippen LogP contribution in [0.3, 0.4) is 0 Å². The van der Waals surface area contributed by atoms with E-state index in [1.54, 1.807) is 24.3 Å². The maximum Gasteiger partial charge on any atom is 0.240 e. The van der Waals surface area contributed by atoms with Crippen LogP contribution in [0, 0.1) is 5.41 Å². The van der Waals surface area contributed by atoms with Gasteiger partial charge in [-0.15, -0.1) is 0 Å². The summed E-state index contributed by atoms with van der Waals surface area (Å²) in [7, 11) is -3.52.